The van der Waals surface area contributed by atoms with Gasteiger partial charge in [-0.15, -0.1) is 0 Å². The maximum atomic E-state index is 12.5. The van der Waals surface area contributed by atoms with E-state index < -0.39 is 17.6 Å². The predicted octanol–water partition coefficient (Wildman–Crippen LogP) is 3.27. The molecule has 2 N–H and O–H groups in total. The number of benzene rings is 1. The van der Waals surface area contributed by atoms with E-state index >= 15 is 0 Å². The number of nitrogens with one attached hydrogen (secondary N) is 2. The van der Waals surface area contributed by atoms with Crippen molar-refractivity contribution in [1.82, 2.24) is 10.6 Å². The fourth-order valence-electron chi connectivity index (χ4n) is 2.78. The van der Waals surface area contributed by atoms with Crippen molar-refractivity contribution >= 4 is 11.8 Å². The molecule has 2 rings (SSSR count). The molecule has 1 saturated carbocycles. The monoisotopic (exact) mass is 342 g/mol. The molecule has 1 aliphatic carbocycles. The highest BCUT2D eigenvalue weighted by Crippen LogP contribution is 2.29. The molecule has 0 heterocycles. The topological polar surface area (TPSA) is 58.2 Å². The molecule has 0 aliphatic heterocycles. The van der Waals surface area contributed by atoms with Gasteiger partial charge in [-0.1, -0.05) is 25.7 Å². The van der Waals surface area contributed by atoms with Crippen LogP contribution in [-0.2, 0) is 11.0 Å². The van der Waals surface area contributed by atoms with E-state index in [1.54, 1.807) is 0 Å². The van der Waals surface area contributed by atoms with Gasteiger partial charge >= 0.3 is 6.18 Å². The highest BCUT2D eigenvalue weighted by atomic mass is 19.4. The third kappa shape index (κ3) is 5.54. The van der Waals surface area contributed by atoms with E-state index in [2.05, 4.69) is 10.6 Å². The molecule has 0 radical (unpaired) electrons. The molecule has 1 fully saturated rings. The van der Waals surface area contributed by atoms with Gasteiger partial charge in [0.2, 0.25) is 5.91 Å². The third-order valence-electron chi connectivity index (χ3n) is 4.10. The van der Waals surface area contributed by atoms with Crippen LogP contribution in [0.4, 0.5) is 13.2 Å². The van der Waals surface area contributed by atoms with Gasteiger partial charge in [0.1, 0.15) is 0 Å². The van der Waals surface area contributed by atoms with Crippen LogP contribution in [0.3, 0.4) is 0 Å². The zero-order valence-corrected chi connectivity index (χ0v) is 13.3. The minimum Gasteiger partial charge on any atom is -0.352 e. The van der Waals surface area contributed by atoms with Crippen LogP contribution in [-0.4, -0.2) is 24.4 Å². The summed E-state index contributed by atoms with van der Waals surface area (Å²) in [6.45, 7) is -0.184. The molecule has 1 aromatic rings. The lowest BCUT2D eigenvalue weighted by molar-refractivity contribution is -0.137. The second kappa shape index (κ2) is 8.17. The summed E-state index contributed by atoms with van der Waals surface area (Å²) in [7, 11) is 0. The molecular formula is C17H21F3N2O2. The van der Waals surface area contributed by atoms with Crippen molar-refractivity contribution in [3.63, 3.8) is 0 Å². The van der Waals surface area contributed by atoms with Gasteiger partial charge in [0.15, 0.2) is 0 Å². The molecule has 0 atom stereocenters. The minimum atomic E-state index is -4.44. The van der Waals surface area contributed by atoms with Crippen LogP contribution in [0.5, 0.6) is 0 Å². The van der Waals surface area contributed by atoms with E-state index in [4.69, 9.17) is 0 Å². The largest absolute Gasteiger partial charge is 0.416 e. The van der Waals surface area contributed by atoms with Gasteiger partial charge in [0.05, 0.1) is 12.1 Å². The Labute approximate surface area is 138 Å². The van der Waals surface area contributed by atoms with E-state index in [0.717, 1.165) is 49.9 Å². The van der Waals surface area contributed by atoms with E-state index in [0.29, 0.717) is 0 Å². The number of carbonyl (C=O) groups excluding carboxylic acids is 2. The van der Waals surface area contributed by atoms with E-state index in [1.807, 2.05) is 0 Å². The molecule has 2 amide bonds. The Balaban J connectivity index is 1.80. The molecule has 132 valence electrons. The van der Waals surface area contributed by atoms with Gasteiger partial charge in [0.25, 0.3) is 5.91 Å². The van der Waals surface area contributed by atoms with Gasteiger partial charge in [-0.3, -0.25) is 9.59 Å². The fraction of sp³-hybridized carbons (Fsp3) is 0.529. The van der Waals surface area contributed by atoms with Crippen molar-refractivity contribution in [2.45, 2.75) is 50.7 Å². The quantitative estimate of drug-likeness (QED) is 0.825. The van der Waals surface area contributed by atoms with Crippen LogP contribution in [0.2, 0.25) is 0 Å². The molecule has 0 saturated heterocycles. The van der Waals surface area contributed by atoms with Crippen molar-refractivity contribution in [1.29, 1.82) is 0 Å². The summed E-state index contributed by atoms with van der Waals surface area (Å²) in [5.41, 5.74) is -0.726. The first-order chi connectivity index (χ1) is 11.4. The van der Waals surface area contributed by atoms with Crippen molar-refractivity contribution in [3.8, 4) is 0 Å². The summed E-state index contributed by atoms with van der Waals surface area (Å²) < 4.78 is 37.4. The van der Waals surface area contributed by atoms with Crippen LogP contribution >= 0.6 is 0 Å². The predicted molar refractivity (Wildman–Crippen MR) is 83.4 cm³/mol. The highest BCUT2D eigenvalue weighted by molar-refractivity contribution is 5.96. The molecule has 0 unspecified atom stereocenters. The summed E-state index contributed by atoms with van der Waals surface area (Å²) in [5.74, 6) is -0.845. The fourth-order valence-corrected chi connectivity index (χ4v) is 2.78. The Morgan fingerprint density at radius 2 is 1.58 bits per heavy atom. The zero-order chi connectivity index (χ0) is 17.6. The zero-order valence-electron chi connectivity index (χ0n) is 13.3. The van der Waals surface area contributed by atoms with Crippen LogP contribution in [0.1, 0.15) is 54.4 Å². The summed E-state index contributed by atoms with van der Waals surface area (Å²) in [4.78, 5) is 23.8. The van der Waals surface area contributed by atoms with E-state index in [9.17, 15) is 22.8 Å². The summed E-state index contributed by atoms with van der Waals surface area (Å²) in [5, 5.41) is 5.32. The SMILES string of the molecule is O=C(CNC(=O)c1ccc(C(F)(F)F)cc1)NC1CCCCCC1. The lowest BCUT2D eigenvalue weighted by Gasteiger charge is -2.16. The van der Waals surface area contributed by atoms with E-state index in [-0.39, 0.29) is 24.1 Å². The first-order valence-electron chi connectivity index (χ1n) is 8.11. The number of hydrogen-bond acceptors (Lipinski definition) is 2. The van der Waals surface area contributed by atoms with Gasteiger partial charge in [-0.05, 0) is 37.1 Å². The van der Waals surface area contributed by atoms with Crippen LogP contribution in [0, 0.1) is 0 Å². The van der Waals surface area contributed by atoms with Gasteiger partial charge in [-0.2, -0.15) is 13.2 Å². The molecule has 4 nitrogen and oxygen atoms in total. The molecule has 7 heteroatoms. The van der Waals surface area contributed by atoms with E-state index in [1.165, 1.54) is 12.8 Å². The van der Waals surface area contributed by atoms with Gasteiger partial charge in [0, 0.05) is 11.6 Å². The average molecular weight is 342 g/mol. The van der Waals surface area contributed by atoms with Gasteiger partial charge < -0.3 is 10.6 Å². The standard InChI is InChI=1S/C17H21F3N2O2/c18-17(19,20)13-9-7-12(8-10-13)16(24)21-11-15(23)22-14-5-3-1-2-4-6-14/h7-10,14H,1-6,11H2,(H,21,24)(H,22,23). The Kier molecular flexibility index (Phi) is 6.23. The molecule has 1 aliphatic rings. The Hall–Kier alpha value is -2.05. The second-order valence-electron chi connectivity index (χ2n) is 6.01. The molecule has 24 heavy (non-hydrogen) atoms. The van der Waals surface area contributed by atoms with Crippen molar-refractivity contribution < 1.29 is 22.8 Å². The molecule has 0 bridgehead atoms. The Morgan fingerprint density at radius 1 is 1.00 bits per heavy atom. The van der Waals surface area contributed by atoms with Crippen molar-refractivity contribution in [2.24, 2.45) is 0 Å². The Bertz CT molecular complexity index is 562. The molecule has 1 aromatic carbocycles. The lowest BCUT2D eigenvalue weighted by atomic mass is 10.1. The molecule has 0 aromatic heterocycles. The normalized spacial score (nSPS) is 16.3. The maximum Gasteiger partial charge on any atom is 0.416 e. The number of carbonyl (C=O) groups is 2. The summed E-state index contributed by atoms with van der Waals surface area (Å²) in [6.07, 6.45) is 1.98. The molecular weight excluding hydrogens is 321 g/mol. The molecule has 0 spiro atoms. The smallest absolute Gasteiger partial charge is 0.352 e. The number of rotatable bonds is 4. The second-order valence-corrected chi connectivity index (χ2v) is 6.01. The highest BCUT2D eigenvalue weighted by Gasteiger charge is 2.30. The van der Waals surface area contributed by atoms with Crippen LogP contribution < -0.4 is 10.6 Å². The first-order valence-corrected chi connectivity index (χ1v) is 8.11. The Morgan fingerprint density at radius 3 is 2.12 bits per heavy atom. The first kappa shape index (κ1) is 18.3. The summed E-state index contributed by atoms with van der Waals surface area (Å²) >= 11 is 0. The van der Waals surface area contributed by atoms with Crippen molar-refractivity contribution in [3.05, 3.63) is 35.4 Å². The number of alkyl halides is 3. The number of amides is 2. The van der Waals surface area contributed by atoms with Crippen molar-refractivity contribution in [2.75, 3.05) is 6.54 Å². The van der Waals surface area contributed by atoms with Crippen LogP contribution in [0.15, 0.2) is 24.3 Å². The third-order valence-corrected chi connectivity index (χ3v) is 4.10. The van der Waals surface area contributed by atoms with Crippen LogP contribution in [0.25, 0.3) is 0 Å². The lowest BCUT2D eigenvalue weighted by Crippen LogP contribution is -2.41. The minimum absolute atomic E-state index is 0.0882. The summed E-state index contributed by atoms with van der Waals surface area (Å²) in [6, 6.07) is 4.03. The maximum absolute atomic E-state index is 12.5. The number of halogens is 3. The van der Waals surface area contributed by atoms with Gasteiger partial charge in [-0.25, -0.2) is 0 Å². The average Bonchev–Trinajstić information content (AvgIpc) is 2.80. The number of hydrogen-bond donors (Lipinski definition) is 2.